The summed E-state index contributed by atoms with van der Waals surface area (Å²) in [6.45, 7) is 42.6. The Balaban J connectivity index is 1.77. The molecule has 322 valence electrons. The summed E-state index contributed by atoms with van der Waals surface area (Å²) in [4.78, 5) is 0. The first-order chi connectivity index (χ1) is 25.5. The smallest absolute Gasteiger partial charge is 0.192 e. The lowest BCUT2D eigenvalue weighted by molar-refractivity contribution is -0.0882. The Bertz CT molecular complexity index is 1430. The van der Waals surface area contributed by atoms with Crippen LogP contribution in [-0.4, -0.2) is 75.3 Å². The van der Waals surface area contributed by atoms with Crippen molar-refractivity contribution in [3.63, 3.8) is 0 Å². The molecule has 10 heteroatoms. The third-order valence-corrected chi connectivity index (χ3v) is 27.0. The average molecular weight is 833 g/mol. The first-order valence-corrected chi connectivity index (χ1v) is 30.1. The Morgan fingerprint density at radius 1 is 0.786 bits per heavy atom. The second kappa shape index (κ2) is 19.0. The van der Waals surface area contributed by atoms with E-state index < -0.39 is 25.0 Å². The largest absolute Gasteiger partial charge is 0.497 e. The van der Waals surface area contributed by atoms with Gasteiger partial charge in [-0.1, -0.05) is 86.6 Å². The van der Waals surface area contributed by atoms with E-state index in [0.29, 0.717) is 13.2 Å². The van der Waals surface area contributed by atoms with Gasteiger partial charge in [0.15, 0.2) is 25.0 Å². The van der Waals surface area contributed by atoms with Crippen LogP contribution in [-0.2, 0) is 34.1 Å². The van der Waals surface area contributed by atoms with Crippen LogP contribution in [0.25, 0.3) is 0 Å². The zero-order valence-corrected chi connectivity index (χ0v) is 42.3. The Morgan fingerprint density at radius 3 is 1.93 bits per heavy atom. The van der Waals surface area contributed by atoms with E-state index in [-0.39, 0.29) is 57.2 Å². The van der Waals surface area contributed by atoms with Crippen LogP contribution < -0.4 is 4.74 Å². The fraction of sp³-hybridized carbons (Fsp3) is 0.783. The second-order valence-corrected chi connectivity index (χ2v) is 36.1. The molecule has 56 heavy (non-hydrogen) atoms. The minimum Gasteiger partial charge on any atom is -0.497 e. The summed E-state index contributed by atoms with van der Waals surface area (Å²) < 4.78 is 46.5. The van der Waals surface area contributed by atoms with E-state index in [2.05, 4.69) is 153 Å². The molecule has 0 aliphatic carbocycles. The first kappa shape index (κ1) is 49.1. The van der Waals surface area contributed by atoms with Crippen molar-refractivity contribution in [1.82, 2.24) is 0 Å². The van der Waals surface area contributed by atoms with Crippen molar-refractivity contribution in [3.8, 4) is 5.75 Å². The van der Waals surface area contributed by atoms with Gasteiger partial charge >= 0.3 is 0 Å². The number of hydrogen-bond donors (Lipinski definition) is 0. The highest BCUT2D eigenvalue weighted by Gasteiger charge is 2.44. The van der Waals surface area contributed by atoms with E-state index in [0.717, 1.165) is 49.2 Å². The third kappa shape index (κ3) is 13.9. The van der Waals surface area contributed by atoms with E-state index in [9.17, 15) is 0 Å². The number of methoxy groups -OCH3 is 1. The summed E-state index contributed by atoms with van der Waals surface area (Å²) >= 11 is 0. The zero-order chi connectivity index (χ0) is 42.5. The van der Waals surface area contributed by atoms with E-state index in [1.165, 1.54) is 0 Å². The first-order valence-electron chi connectivity index (χ1n) is 21.4. The van der Waals surface area contributed by atoms with Gasteiger partial charge in [0.25, 0.3) is 0 Å². The van der Waals surface area contributed by atoms with Crippen molar-refractivity contribution in [2.75, 3.05) is 13.7 Å². The molecule has 0 unspecified atom stereocenters. The summed E-state index contributed by atoms with van der Waals surface area (Å²) in [5.41, 5.74) is 0.806. The van der Waals surface area contributed by atoms with Crippen LogP contribution in [0.4, 0.5) is 0 Å². The maximum atomic E-state index is 7.12. The zero-order valence-electron chi connectivity index (χ0n) is 39.3. The molecule has 1 fully saturated rings. The molecule has 0 bridgehead atoms. The number of rotatable bonds is 17. The number of ether oxygens (including phenoxy) is 4. The van der Waals surface area contributed by atoms with Crippen molar-refractivity contribution in [3.05, 3.63) is 53.8 Å². The fourth-order valence-corrected chi connectivity index (χ4v) is 10.2. The minimum absolute atomic E-state index is 0.00769. The Morgan fingerprint density at radius 2 is 1.38 bits per heavy atom. The quantitative estimate of drug-likeness (QED) is 0.114. The molecule has 6 atom stereocenters. The molecule has 7 nitrogen and oxygen atoms in total. The highest BCUT2D eigenvalue weighted by atomic mass is 28.4. The molecule has 1 aromatic rings. The molecule has 0 spiro atoms. The third-order valence-electron chi connectivity index (χ3n) is 13.5. The number of benzene rings is 1. The van der Waals surface area contributed by atoms with E-state index in [1.807, 2.05) is 12.1 Å². The standard InChI is InChI=1S/C46H84O7Si3/c1-34(48-32-35-23-25-36(47-13)26-24-35)41(53-56(18,19)45(8,9)10)31-37-21-20-22-42(51-37)46(11,12)28-27-38-29-39(52-55(16,17)44(5,6)7)30-40(50-38)33-49-54(14,15)43(2,3)4/h22-28,34,37-41H,20-21,29-33H2,1-19H3/b28-27+/t34-,37+,38+,39-,40+,41-/m1/s1. The van der Waals surface area contributed by atoms with Gasteiger partial charge in [-0.15, -0.1) is 0 Å². The molecular formula is C46H84O7Si3. The van der Waals surface area contributed by atoms with Crippen molar-refractivity contribution < 1.29 is 32.2 Å². The Kier molecular flexibility index (Phi) is 16.7. The van der Waals surface area contributed by atoms with Crippen LogP contribution in [0, 0.1) is 5.41 Å². The second-order valence-electron chi connectivity index (χ2n) is 21.8. The number of hydrogen-bond acceptors (Lipinski definition) is 7. The molecular weight excluding hydrogens is 749 g/mol. The molecule has 2 aliphatic rings. The molecule has 2 heterocycles. The molecule has 0 radical (unpaired) electrons. The molecule has 2 aliphatic heterocycles. The lowest BCUT2D eigenvalue weighted by atomic mass is 9.86. The summed E-state index contributed by atoms with van der Waals surface area (Å²) in [6, 6.07) is 8.10. The lowest BCUT2D eigenvalue weighted by Gasteiger charge is -2.44. The van der Waals surface area contributed by atoms with Gasteiger partial charge in [0.05, 0.1) is 50.8 Å². The van der Waals surface area contributed by atoms with Crippen LogP contribution >= 0.6 is 0 Å². The predicted octanol–water partition coefficient (Wildman–Crippen LogP) is 13.0. The molecule has 0 aromatic heterocycles. The summed E-state index contributed by atoms with van der Waals surface area (Å²) in [5, 5.41) is 0.368. The monoisotopic (exact) mass is 833 g/mol. The van der Waals surface area contributed by atoms with Gasteiger partial charge in [0, 0.05) is 24.7 Å². The lowest BCUT2D eigenvalue weighted by Crippen LogP contribution is -2.49. The van der Waals surface area contributed by atoms with E-state index >= 15 is 0 Å². The summed E-state index contributed by atoms with van der Waals surface area (Å²) in [7, 11) is -4.30. The van der Waals surface area contributed by atoms with Gasteiger partial charge in [0.2, 0.25) is 0 Å². The van der Waals surface area contributed by atoms with Crippen molar-refractivity contribution in [1.29, 1.82) is 0 Å². The molecule has 3 rings (SSSR count). The normalized spacial score (nSPS) is 23.4. The van der Waals surface area contributed by atoms with Crippen molar-refractivity contribution in [2.24, 2.45) is 5.41 Å². The van der Waals surface area contributed by atoms with Crippen LogP contribution in [0.15, 0.2) is 48.3 Å². The van der Waals surface area contributed by atoms with Crippen molar-refractivity contribution >= 4 is 25.0 Å². The minimum atomic E-state index is -2.09. The van der Waals surface area contributed by atoms with Gasteiger partial charge in [-0.3, -0.25) is 0 Å². The molecule has 0 amide bonds. The predicted molar refractivity (Wildman–Crippen MR) is 242 cm³/mol. The molecule has 0 saturated carbocycles. The summed E-state index contributed by atoms with van der Waals surface area (Å²) in [6.07, 6.45) is 11.2. The molecule has 0 N–H and O–H groups in total. The topological polar surface area (TPSA) is 64.6 Å². The van der Waals surface area contributed by atoms with Crippen LogP contribution in [0.5, 0.6) is 5.75 Å². The van der Waals surface area contributed by atoms with Gasteiger partial charge in [-0.05, 0) is 112 Å². The van der Waals surface area contributed by atoms with Crippen LogP contribution in [0.2, 0.25) is 54.4 Å². The number of allylic oxidation sites excluding steroid dienone is 2. The van der Waals surface area contributed by atoms with Crippen LogP contribution in [0.3, 0.4) is 0 Å². The molecule has 1 aromatic carbocycles. The highest BCUT2D eigenvalue weighted by Crippen LogP contribution is 2.43. The Labute approximate surface area is 347 Å². The molecule has 1 saturated heterocycles. The highest BCUT2D eigenvalue weighted by molar-refractivity contribution is 6.75. The SMILES string of the molecule is COc1ccc(CO[C@H](C)[C@@H](C[C@@H]2CCC=C(C(C)(C)/C=C/[C@H]3C[C@@H](O[Si](C)(C)C(C)(C)C)C[C@@H](CO[Si](C)(C)C(C)(C)C)O3)O2)O[Si](C)(C)C(C)(C)C)cc1. The maximum absolute atomic E-state index is 7.12. The maximum Gasteiger partial charge on any atom is 0.192 e. The van der Waals surface area contributed by atoms with Crippen molar-refractivity contribution in [2.45, 2.75) is 213 Å². The van der Waals surface area contributed by atoms with Gasteiger partial charge < -0.3 is 32.2 Å². The fourth-order valence-electron chi connectivity index (χ4n) is 6.35. The van der Waals surface area contributed by atoms with E-state index in [1.54, 1.807) is 7.11 Å². The summed E-state index contributed by atoms with van der Waals surface area (Å²) in [5.74, 6) is 1.87. The van der Waals surface area contributed by atoms with Gasteiger partial charge in [-0.25, -0.2) is 0 Å². The van der Waals surface area contributed by atoms with E-state index in [4.69, 9.17) is 32.2 Å². The average Bonchev–Trinajstić information content (AvgIpc) is 3.07. The van der Waals surface area contributed by atoms with Gasteiger partial charge in [0.1, 0.15) is 17.6 Å². The van der Waals surface area contributed by atoms with Crippen LogP contribution in [0.1, 0.15) is 121 Å². The van der Waals surface area contributed by atoms with Gasteiger partial charge in [-0.2, -0.15) is 0 Å². The Hall–Kier alpha value is -1.25.